The van der Waals surface area contributed by atoms with Gasteiger partial charge in [0.25, 0.3) is 0 Å². The van der Waals surface area contributed by atoms with Crippen LogP contribution in [-0.4, -0.2) is 19.9 Å². The molecule has 55 heavy (non-hydrogen) atoms. The first kappa shape index (κ1) is 39.7. The molecular weight excluding hydrogens is 673 g/mol. The minimum atomic E-state index is -0.486. The fourth-order valence-electron chi connectivity index (χ4n) is 7.16. The highest BCUT2D eigenvalue weighted by Gasteiger charge is 2.26. The standard InChI is InChI=1S/C50H58N4O/c1-5-9-11-15-39-17-25-41(26-18-39)45-33-53-47(35-51-45)49(43-29-21-37(13-7-3)22-30-43)55-50(44-31-23-38(14-8-4)24-32-44)48-36-52-46(34-54-48)42-27-19-40(20-28-42)16-12-10-6-2/h17-36,49-50H,5-16H2,1-4H3. The number of rotatable bonds is 20. The van der Waals surface area contributed by atoms with Gasteiger partial charge < -0.3 is 4.74 Å². The molecule has 6 aromatic rings. The van der Waals surface area contributed by atoms with E-state index in [1.165, 1.54) is 60.8 Å². The number of aryl methyl sites for hydroxylation is 4. The highest BCUT2D eigenvalue weighted by molar-refractivity contribution is 5.59. The molecule has 0 saturated carbocycles. The van der Waals surface area contributed by atoms with Crippen LogP contribution in [0, 0.1) is 0 Å². The molecule has 0 spiro atoms. The maximum absolute atomic E-state index is 7.21. The van der Waals surface area contributed by atoms with Gasteiger partial charge in [-0.25, -0.2) is 0 Å². The number of benzene rings is 4. The Balaban J connectivity index is 1.31. The van der Waals surface area contributed by atoms with E-state index < -0.39 is 12.2 Å². The van der Waals surface area contributed by atoms with Gasteiger partial charge in [-0.1, -0.05) is 163 Å². The molecule has 2 unspecified atom stereocenters. The Morgan fingerprint density at radius 2 is 0.745 bits per heavy atom. The van der Waals surface area contributed by atoms with Crippen LogP contribution in [0.2, 0.25) is 0 Å². The lowest BCUT2D eigenvalue weighted by atomic mass is 10.00. The van der Waals surface area contributed by atoms with Crippen molar-refractivity contribution in [2.24, 2.45) is 0 Å². The minimum Gasteiger partial charge on any atom is -0.353 e. The zero-order valence-electron chi connectivity index (χ0n) is 33.4. The summed E-state index contributed by atoms with van der Waals surface area (Å²) in [6.07, 6.45) is 20.4. The van der Waals surface area contributed by atoms with Crippen LogP contribution in [0.4, 0.5) is 0 Å². The van der Waals surface area contributed by atoms with Gasteiger partial charge in [-0.05, 0) is 71.9 Å². The summed E-state index contributed by atoms with van der Waals surface area (Å²) >= 11 is 0. The van der Waals surface area contributed by atoms with E-state index in [1.54, 1.807) is 0 Å². The Hall–Kier alpha value is -5.00. The Kier molecular flexibility index (Phi) is 14.9. The van der Waals surface area contributed by atoms with Crippen LogP contribution >= 0.6 is 0 Å². The average Bonchev–Trinajstić information content (AvgIpc) is 3.23. The molecule has 0 fully saturated rings. The van der Waals surface area contributed by atoms with Gasteiger partial charge in [-0.15, -0.1) is 0 Å². The van der Waals surface area contributed by atoms with Gasteiger partial charge >= 0.3 is 0 Å². The van der Waals surface area contributed by atoms with Gasteiger partial charge in [0.05, 0.1) is 47.6 Å². The fraction of sp³-hybridized carbons (Fsp3) is 0.360. The van der Waals surface area contributed by atoms with Crippen molar-refractivity contribution in [3.8, 4) is 22.5 Å². The third-order valence-electron chi connectivity index (χ3n) is 10.4. The molecule has 0 aliphatic rings. The first-order chi connectivity index (χ1) is 27.1. The van der Waals surface area contributed by atoms with Crippen LogP contribution in [-0.2, 0) is 30.4 Å². The summed E-state index contributed by atoms with van der Waals surface area (Å²) in [7, 11) is 0. The zero-order chi connectivity index (χ0) is 38.2. The van der Waals surface area contributed by atoms with E-state index in [4.69, 9.17) is 24.7 Å². The van der Waals surface area contributed by atoms with Crippen LogP contribution in [0.3, 0.4) is 0 Å². The molecule has 5 heteroatoms. The molecule has 0 amide bonds. The fourth-order valence-corrected chi connectivity index (χ4v) is 7.16. The molecule has 4 aromatic carbocycles. The van der Waals surface area contributed by atoms with Gasteiger partial charge in [-0.3, -0.25) is 19.9 Å². The van der Waals surface area contributed by atoms with Crippen molar-refractivity contribution in [3.05, 3.63) is 167 Å². The van der Waals surface area contributed by atoms with Crippen LogP contribution in [0.5, 0.6) is 0 Å². The number of nitrogens with zero attached hydrogens (tertiary/aromatic N) is 4. The molecule has 0 radical (unpaired) electrons. The van der Waals surface area contributed by atoms with E-state index in [9.17, 15) is 0 Å². The summed E-state index contributed by atoms with van der Waals surface area (Å²) in [6.45, 7) is 8.91. The molecule has 6 rings (SSSR count). The summed E-state index contributed by atoms with van der Waals surface area (Å²) in [5, 5.41) is 0. The number of aromatic nitrogens is 4. The van der Waals surface area contributed by atoms with Crippen molar-refractivity contribution in [1.29, 1.82) is 0 Å². The molecule has 0 aliphatic heterocycles. The Labute approximate surface area is 329 Å². The Bertz CT molecular complexity index is 1840. The van der Waals surface area contributed by atoms with Gasteiger partial charge in [0.1, 0.15) is 12.2 Å². The highest BCUT2D eigenvalue weighted by Crippen LogP contribution is 2.36. The molecule has 2 aromatic heterocycles. The second-order valence-corrected chi connectivity index (χ2v) is 14.8. The topological polar surface area (TPSA) is 60.8 Å². The molecule has 284 valence electrons. The molecule has 5 nitrogen and oxygen atoms in total. The average molecular weight is 731 g/mol. The first-order valence-electron chi connectivity index (χ1n) is 20.7. The Morgan fingerprint density at radius 3 is 1.07 bits per heavy atom. The molecule has 0 saturated heterocycles. The third kappa shape index (κ3) is 11.0. The van der Waals surface area contributed by atoms with Gasteiger partial charge in [0, 0.05) is 11.1 Å². The van der Waals surface area contributed by atoms with Crippen molar-refractivity contribution in [1.82, 2.24) is 19.9 Å². The van der Waals surface area contributed by atoms with Gasteiger partial charge in [-0.2, -0.15) is 0 Å². The summed E-state index contributed by atoms with van der Waals surface area (Å²) < 4.78 is 7.21. The normalized spacial score (nSPS) is 12.4. The van der Waals surface area contributed by atoms with E-state index in [-0.39, 0.29) is 0 Å². The number of unbranched alkanes of at least 4 members (excludes halogenated alkanes) is 4. The molecule has 0 N–H and O–H groups in total. The Morgan fingerprint density at radius 1 is 0.382 bits per heavy atom. The SMILES string of the molecule is CCCCCc1ccc(-c2cnc(C(OC(c3ccc(CCC)cc3)c3cnc(-c4ccc(CCCCC)cc4)cn3)c3ccc(CCC)cc3)cn2)cc1. The number of hydrogen-bond donors (Lipinski definition) is 0. The van der Waals surface area contributed by atoms with E-state index in [2.05, 4.69) is 125 Å². The quantitative estimate of drug-likeness (QED) is 0.0732. The lowest BCUT2D eigenvalue weighted by molar-refractivity contribution is 0.0258. The smallest absolute Gasteiger partial charge is 0.127 e. The number of hydrogen-bond acceptors (Lipinski definition) is 5. The van der Waals surface area contributed by atoms with E-state index in [0.717, 1.165) is 83.6 Å². The van der Waals surface area contributed by atoms with Crippen LogP contribution < -0.4 is 0 Å². The third-order valence-corrected chi connectivity index (χ3v) is 10.4. The molecule has 2 atom stereocenters. The zero-order valence-corrected chi connectivity index (χ0v) is 33.4. The van der Waals surface area contributed by atoms with Crippen LogP contribution in [0.25, 0.3) is 22.5 Å². The molecule has 0 aliphatic carbocycles. The molecule has 2 heterocycles. The monoisotopic (exact) mass is 730 g/mol. The lowest BCUT2D eigenvalue weighted by Gasteiger charge is -2.25. The largest absolute Gasteiger partial charge is 0.353 e. The highest BCUT2D eigenvalue weighted by atomic mass is 16.5. The van der Waals surface area contributed by atoms with Crippen molar-refractivity contribution in [3.63, 3.8) is 0 Å². The summed E-state index contributed by atoms with van der Waals surface area (Å²) in [5.41, 5.74) is 12.7. The summed E-state index contributed by atoms with van der Waals surface area (Å²) in [6, 6.07) is 35.0. The van der Waals surface area contributed by atoms with Crippen LogP contribution in [0.15, 0.2) is 122 Å². The summed E-state index contributed by atoms with van der Waals surface area (Å²) in [5.74, 6) is 0. The van der Waals surface area contributed by atoms with Crippen molar-refractivity contribution < 1.29 is 4.74 Å². The van der Waals surface area contributed by atoms with Crippen molar-refractivity contribution >= 4 is 0 Å². The van der Waals surface area contributed by atoms with Crippen LogP contribution in [0.1, 0.15) is 136 Å². The predicted octanol–water partition coefficient (Wildman–Crippen LogP) is 12.9. The second kappa shape index (κ2) is 20.6. The van der Waals surface area contributed by atoms with Gasteiger partial charge in [0.2, 0.25) is 0 Å². The van der Waals surface area contributed by atoms with Crippen molar-refractivity contribution in [2.45, 2.75) is 117 Å². The maximum Gasteiger partial charge on any atom is 0.127 e. The molecule has 0 bridgehead atoms. The first-order valence-corrected chi connectivity index (χ1v) is 20.7. The number of ether oxygens (including phenoxy) is 1. The predicted molar refractivity (Wildman–Crippen MR) is 227 cm³/mol. The minimum absolute atomic E-state index is 0.486. The molecular formula is C50H58N4O. The lowest BCUT2D eigenvalue weighted by Crippen LogP contribution is -2.16. The van der Waals surface area contributed by atoms with E-state index in [0.29, 0.717) is 0 Å². The van der Waals surface area contributed by atoms with Gasteiger partial charge in [0.15, 0.2) is 0 Å². The maximum atomic E-state index is 7.21. The van der Waals surface area contributed by atoms with Crippen molar-refractivity contribution in [2.75, 3.05) is 0 Å². The second-order valence-electron chi connectivity index (χ2n) is 14.8. The van der Waals surface area contributed by atoms with E-state index in [1.807, 2.05) is 24.8 Å². The summed E-state index contributed by atoms with van der Waals surface area (Å²) in [4.78, 5) is 19.9. The van der Waals surface area contributed by atoms with E-state index >= 15 is 0 Å².